The number of carbonyl (C=O) groups is 3. The van der Waals surface area contributed by atoms with Crippen molar-refractivity contribution in [2.45, 2.75) is 118 Å². The van der Waals surface area contributed by atoms with Crippen molar-refractivity contribution in [3.05, 3.63) is 12.2 Å². The maximum Gasteiger partial charge on any atom is 0.312 e. The Morgan fingerprint density at radius 2 is 0.919 bits per heavy atom. The molecule has 37 heavy (non-hydrogen) atoms. The van der Waals surface area contributed by atoms with Gasteiger partial charge in [0, 0.05) is 6.42 Å². The fraction of sp³-hybridized carbons (Fsp3) is 0.833. The Kier molecular flexibility index (Phi) is 20.0. The SMILES string of the molecule is CCCCCCCCCC/C=C/CCC[N+](CC(CC)C(=O)O)(CC(CC)C(=O)O)CC(CC)C(=O)O. The summed E-state index contributed by atoms with van der Waals surface area (Å²) in [6, 6.07) is 0. The van der Waals surface area contributed by atoms with E-state index in [9.17, 15) is 29.7 Å². The van der Waals surface area contributed by atoms with Crippen LogP contribution in [0.5, 0.6) is 0 Å². The Balaban J connectivity index is 5.23. The van der Waals surface area contributed by atoms with Crippen LogP contribution in [-0.2, 0) is 14.4 Å². The molecule has 0 heterocycles. The van der Waals surface area contributed by atoms with Crippen LogP contribution in [0.2, 0.25) is 0 Å². The van der Waals surface area contributed by atoms with Gasteiger partial charge in [0.25, 0.3) is 0 Å². The molecular formula is C30H56NO6+. The van der Waals surface area contributed by atoms with Crippen LogP contribution in [0.15, 0.2) is 12.2 Å². The van der Waals surface area contributed by atoms with E-state index in [1.165, 1.54) is 51.4 Å². The Labute approximate surface area is 225 Å². The first-order valence-electron chi connectivity index (χ1n) is 14.8. The quantitative estimate of drug-likeness (QED) is 0.0670. The molecule has 0 aliphatic carbocycles. The number of nitrogens with zero attached hydrogens (tertiary/aromatic N) is 1. The fourth-order valence-corrected chi connectivity index (χ4v) is 5.22. The lowest BCUT2D eigenvalue weighted by atomic mass is 9.95. The van der Waals surface area contributed by atoms with Gasteiger partial charge in [-0.15, -0.1) is 0 Å². The second-order valence-corrected chi connectivity index (χ2v) is 10.8. The van der Waals surface area contributed by atoms with Crippen molar-refractivity contribution in [3.63, 3.8) is 0 Å². The molecule has 0 aromatic carbocycles. The van der Waals surface area contributed by atoms with Gasteiger partial charge in [-0.2, -0.15) is 0 Å². The lowest BCUT2D eigenvalue weighted by Crippen LogP contribution is -2.58. The maximum absolute atomic E-state index is 11.9. The number of carboxylic acids is 3. The summed E-state index contributed by atoms with van der Waals surface area (Å²) in [4.78, 5) is 35.8. The minimum absolute atomic E-state index is 0.228. The smallest absolute Gasteiger partial charge is 0.312 e. The highest BCUT2D eigenvalue weighted by Crippen LogP contribution is 2.25. The molecule has 0 spiro atoms. The van der Waals surface area contributed by atoms with Gasteiger partial charge in [-0.1, -0.05) is 84.8 Å². The molecule has 0 aliphatic rings. The Bertz CT molecular complexity index is 603. The van der Waals surface area contributed by atoms with Crippen molar-refractivity contribution >= 4 is 17.9 Å². The van der Waals surface area contributed by atoms with Gasteiger partial charge in [-0.05, 0) is 38.5 Å². The molecule has 7 heteroatoms. The third-order valence-corrected chi connectivity index (χ3v) is 7.74. The molecule has 0 aromatic rings. The van der Waals surface area contributed by atoms with Gasteiger partial charge in [-0.3, -0.25) is 14.4 Å². The van der Waals surface area contributed by atoms with E-state index in [4.69, 9.17) is 0 Å². The molecule has 0 aromatic heterocycles. The molecule has 216 valence electrons. The molecule has 0 aliphatic heterocycles. The molecule has 0 radical (unpaired) electrons. The summed E-state index contributed by atoms with van der Waals surface area (Å²) < 4.78 is 0.228. The lowest BCUT2D eigenvalue weighted by Gasteiger charge is -2.43. The second-order valence-electron chi connectivity index (χ2n) is 10.8. The number of quaternary nitrogens is 1. The zero-order valence-electron chi connectivity index (χ0n) is 24.1. The number of aliphatic carboxylic acids is 3. The molecule has 7 nitrogen and oxygen atoms in total. The van der Waals surface area contributed by atoms with Crippen LogP contribution >= 0.6 is 0 Å². The molecule has 0 amide bonds. The van der Waals surface area contributed by atoms with Gasteiger partial charge >= 0.3 is 17.9 Å². The third-order valence-electron chi connectivity index (χ3n) is 7.74. The van der Waals surface area contributed by atoms with E-state index in [1.807, 2.05) is 20.8 Å². The third kappa shape index (κ3) is 15.8. The summed E-state index contributed by atoms with van der Waals surface area (Å²) in [7, 11) is 0. The molecule has 3 atom stereocenters. The first kappa shape index (κ1) is 35.1. The van der Waals surface area contributed by atoms with E-state index in [-0.39, 0.29) is 24.1 Å². The number of hydrogen-bond donors (Lipinski definition) is 3. The van der Waals surface area contributed by atoms with Crippen LogP contribution in [0.25, 0.3) is 0 Å². The van der Waals surface area contributed by atoms with Crippen LogP contribution in [-0.4, -0.2) is 63.9 Å². The highest BCUT2D eigenvalue weighted by molar-refractivity contribution is 5.71. The van der Waals surface area contributed by atoms with Gasteiger partial charge in [-0.25, -0.2) is 0 Å². The van der Waals surface area contributed by atoms with Crippen molar-refractivity contribution in [1.82, 2.24) is 0 Å². The second kappa shape index (κ2) is 21.1. The Morgan fingerprint density at radius 3 is 1.27 bits per heavy atom. The molecule has 3 unspecified atom stereocenters. The van der Waals surface area contributed by atoms with E-state index < -0.39 is 35.7 Å². The summed E-state index contributed by atoms with van der Waals surface area (Å²) in [5.41, 5.74) is 0. The van der Waals surface area contributed by atoms with E-state index in [2.05, 4.69) is 19.1 Å². The van der Waals surface area contributed by atoms with Crippen LogP contribution in [0, 0.1) is 17.8 Å². The van der Waals surface area contributed by atoms with Crippen molar-refractivity contribution < 1.29 is 34.2 Å². The summed E-state index contributed by atoms with van der Waals surface area (Å²) in [6.07, 6.45) is 18.7. The number of carboxylic acid groups (broad SMARTS) is 3. The lowest BCUT2D eigenvalue weighted by molar-refractivity contribution is -0.935. The van der Waals surface area contributed by atoms with E-state index >= 15 is 0 Å². The Morgan fingerprint density at radius 1 is 0.568 bits per heavy atom. The zero-order chi connectivity index (χ0) is 28.1. The van der Waals surface area contributed by atoms with E-state index in [0.29, 0.717) is 25.8 Å². The zero-order valence-corrected chi connectivity index (χ0v) is 24.1. The number of allylic oxidation sites excluding steroid dienone is 2. The van der Waals surface area contributed by atoms with E-state index in [1.54, 1.807) is 0 Å². The van der Waals surface area contributed by atoms with Crippen LogP contribution < -0.4 is 0 Å². The van der Waals surface area contributed by atoms with Gasteiger partial charge < -0.3 is 19.8 Å². The molecule has 0 saturated heterocycles. The maximum atomic E-state index is 11.9. The van der Waals surface area contributed by atoms with Crippen LogP contribution in [0.1, 0.15) is 118 Å². The molecule has 3 N–H and O–H groups in total. The fourth-order valence-electron chi connectivity index (χ4n) is 5.22. The average molecular weight is 527 g/mol. The van der Waals surface area contributed by atoms with Gasteiger partial charge in [0.2, 0.25) is 0 Å². The van der Waals surface area contributed by atoms with Crippen LogP contribution in [0.3, 0.4) is 0 Å². The summed E-state index contributed by atoms with van der Waals surface area (Å²) in [6.45, 7) is 9.09. The first-order chi connectivity index (χ1) is 17.7. The highest BCUT2D eigenvalue weighted by Gasteiger charge is 2.40. The van der Waals surface area contributed by atoms with Gasteiger partial charge in [0.1, 0.15) is 17.8 Å². The first-order valence-corrected chi connectivity index (χ1v) is 14.8. The average Bonchev–Trinajstić information content (AvgIpc) is 2.86. The van der Waals surface area contributed by atoms with Crippen molar-refractivity contribution in [2.75, 3.05) is 26.2 Å². The van der Waals surface area contributed by atoms with Crippen LogP contribution in [0.4, 0.5) is 0 Å². The Hall–Kier alpha value is -1.89. The minimum atomic E-state index is -0.901. The topological polar surface area (TPSA) is 112 Å². The van der Waals surface area contributed by atoms with Crippen molar-refractivity contribution in [2.24, 2.45) is 17.8 Å². The molecular weight excluding hydrogens is 470 g/mol. The van der Waals surface area contributed by atoms with Crippen molar-refractivity contribution in [1.29, 1.82) is 0 Å². The molecule has 0 rings (SSSR count). The number of hydrogen-bond acceptors (Lipinski definition) is 3. The number of rotatable bonds is 25. The predicted molar refractivity (Wildman–Crippen MR) is 150 cm³/mol. The molecule has 0 bridgehead atoms. The predicted octanol–water partition coefficient (Wildman–Crippen LogP) is 7.00. The standard InChI is InChI=1S/C30H55NO6/c1-5-9-10-11-12-13-14-15-16-17-18-19-20-21-31(22-25(6-2)28(32)33,23-26(7-3)29(34)35)24-27(8-4)30(36)37/h17-18,25-27H,5-16,19-24H2,1-4H3,(H2-,32,33,34,35,36,37)/p+1/b18-17+. The summed E-state index contributed by atoms with van der Waals surface area (Å²) in [5, 5.41) is 29.3. The van der Waals surface area contributed by atoms with Crippen molar-refractivity contribution in [3.8, 4) is 0 Å². The van der Waals surface area contributed by atoms with E-state index in [0.717, 1.165) is 19.3 Å². The minimum Gasteiger partial charge on any atom is -0.481 e. The normalized spacial score (nSPS) is 15.8. The molecule has 0 saturated carbocycles. The monoisotopic (exact) mass is 526 g/mol. The van der Waals surface area contributed by atoms with Gasteiger partial charge in [0.15, 0.2) is 0 Å². The summed E-state index contributed by atoms with van der Waals surface area (Å²) in [5.74, 6) is -4.59. The van der Waals surface area contributed by atoms with Gasteiger partial charge in [0.05, 0.1) is 26.2 Å². The largest absolute Gasteiger partial charge is 0.481 e. The summed E-state index contributed by atoms with van der Waals surface area (Å²) >= 11 is 0. The number of unbranched alkanes of at least 4 members (excludes halogenated alkanes) is 9. The highest BCUT2D eigenvalue weighted by atomic mass is 16.4. The molecule has 0 fully saturated rings.